The number of hydrogen-bond donors (Lipinski definition) is 4. The Hall–Kier alpha value is -5.41. The Kier molecular flexibility index (Phi) is 15.8. The van der Waals surface area contributed by atoms with Gasteiger partial charge in [-0.3, -0.25) is 24.1 Å². The summed E-state index contributed by atoms with van der Waals surface area (Å²) in [4.78, 5) is 66.9. The van der Waals surface area contributed by atoms with Crippen molar-refractivity contribution in [2.75, 3.05) is 59.0 Å². The highest BCUT2D eigenvalue weighted by Crippen LogP contribution is 2.55. The summed E-state index contributed by atoms with van der Waals surface area (Å²) in [6.07, 6.45) is -0.0798. The zero-order valence-electron chi connectivity index (χ0n) is 43.6. The summed E-state index contributed by atoms with van der Waals surface area (Å²) in [7, 11) is 0. The number of nitrogens with one attached hydrogen (secondary N) is 3. The van der Waals surface area contributed by atoms with Crippen molar-refractivity contribution in [1.82, 2.24) is 35.6 Å². The molecular formula is C56H71ClN8O7S. The minimum absolute atomic E-state index is 0.00439. The summed E-state index contributed by atoms with van der Waals surface area (Å²) in [6, 6.07) is 20.7. The third-order valence-corrected chi connectivity index (χ3v) is 17.0. The number of amides is 4. The Balaban J connectivity index is 0.796. The molecule has 0 bridgehead atoms. The van der Waals surface area contributed by atoms with Crippen LogP contribution < -0.4 is 20.7 Å². The number of rotatable bonds is 16. The highest BCUT2D eigenvalue weighted by atomic mass is 35.5. The quantitative estimate of drug-likeness (QED) is 0.0914. The van der Waals surface area contributed by atoms with Gasteiger partial charge in [0, 0.05) is 73.1 Å². The molecule has 73 heavy (non-hydrogen) atoms. The molecule has 4 fully saturated rings. The molecule has 17 heteroatoms. The monoisotopic (exact) mass is 1030 g/mol. The van der Waals surface area contributed by atoms with E-state index in [1.165, 1.54) is 4.90 Å². The van der Waals surface area contributed by atoms with E-state index in [2.05, 4.69) is 76.6 Å². The van der Waals surface area contributed by atoms with Crippen LogP contribution in [0.1, 0.15) is 107 Å². The number of carbonyl (C=O) groups is 4. The minimum atomic E-state index is -0.913. The van der Waals surface area contributed by atoms with Crippen LogP contribution in [0.3, 0.4) is 0 Å². The second-order valence-corrected chi connectivity index (χ2v) is 24.2. The molecule has 0 spiro atoms. The van der Waals surface area contributed by atoms with Gasteiger partial charge in [0.1, 0.15) is 30.0 Å². The number of piperazine rings is 1. The topological polar surface area (TPSA) is 189 Å². The first-order valence-electron chi connectivity index (χ1n) is 25.4. The van der Waals surface area contributed by atoms with Crippen LogP contribution in [-0.2, 0) is 24.5 Å². The third-order valence-electron chi connectivity index (χ3n) is 15.7. The molecular weight excluding hydrogens is 964 g/mol. The maximum Gasteiger partial charge on any atom is 0.251 e. The Labute approximate surface area is 439 Å². The lowest BCUT2D eigenvalue weighted by Crippen LogP contribution is -2.74. The third kappa shape index (κ3) is 11.5. The van der Waals surface area contributed by atoms with E-state index in [4.69, 9.17) is 21.1 Å². The number of carbonyl (C=O) groups excluding carboxylic acids is 4. The van der Waals surface area contributed by atoms with Gasteiger partial charge in [-0.15, -0.1) is 11.3 Å². The smallest absolute Gasteiger partial charge is 0.251 e. The molecule has 4 atom stereocenters. The number of benzene rings is 3. The molecule has 4 aromatic rings. The first-order chi connectivity index (χ1) is 34.5. The number of halogens is 1. The molecule has 4 N–H and O–H groups in total. The maximum atomic E-state index is 14.3. The Morgan fingerprint density at radius 3 is 2.19 bits per heavy atom. The number of aromatic nitrogens is 1. The van der Waals surface area contributed by atoms with Crippen LogP contribution in [0.4, 0.5) is 0 Å². The molecule has 1 aromatic heterocycles. The van der Waals surface area contributed by atoms with Crippen LogP contribution >= 0.6 is 22.9 Å². The average Bonchev–Trinajstić information content (AvgIpc) is 3.96. The molecule has 8 rings (SSSR count). The largest absolute Gasteiger partial charge is 0.489 e. The van der Waals surface area contributed by atoms with Gasteiger partial charge in [0.25, 0.3) is 5.91 Å². The maximum absolute atomic E-state index is 14.3. The van der Waals surface area contributed by atoms with Gasteiger partial charge in [0.15, 0.2) is 0 Å². The number of aliphatic hydroxyl groups is 1. The van der Waals surface area contributed by atoms with Gasteiger partial charge in [-0.05, 0) is 73.2 Å². The normalized spacial score (nSPS) is 23.2. The molecule has 4 amide bonds. The van der Waals surface area contributed by atoms with Gasteiger partial charge < -0.3 is 40.3 Å². The Bertz CT molecular complexity index is 2690. The zero-order valence-corrected chi connectivity index (χ0v) is 45.2. The van der Waals surface area contributed by atoms with Crippen LogP contribution in [0.15, 0.2) is 72.2 Å². The lowest BCUT2D eigenvalue weighted by Gasteiger charge is -2.63. The van der Waals surface area contributed by atoms with Crippen LogP contribution in [-0.4, -0.2) is 138 Å². The molecule has 390 valence electrons. The number of hydrogen-bond acceptors (Lipinski definition) is 12. The number of nitrogens with zero attached hydrogens (tertiary/aromatic N) is 5. The van der Waals surface area contributed by atoms with Gasteiger partial charge in [-0.25, -0.2) is 4.98 Å². The van der Waals surface area contributed by atoms with Crippen molar-refractivity contribution in [3.8, 4) is 22.3 Å². The van der Waals surface area contributed by atoms with Crippen molar-refractivity contribution in [2.45, 2.75) is 117 Å². The van der Waals surface area contributed by atoms with Crippen LogP contribution in [0, 0.1) is 34.5 Å². The van der Waals surface area contributed by atoms with Gasteiger partial charge >= 0.3 is 0 Å². The first kappa shape index (κ1) is 53.9. The zero-order chi connectivity index (χ0) is 52.6. The van der Waals surface area contributed by atoms with Crippen molar-refractivity contribution in [2.24, 2.45) is 16.2 Å². The minimum Gasteiger partial charge on any atom is -0.489 e. The molecule has 3 aliphatic heterocycles. The Morgan fingerprint density at radius 2 is 1.62 bits per heavy atom. The van der Waals surface area contributed by atoms with Crippen molar-refractivity contribution in [3.05, 3.63) is 105 Å². The van der Waals surface area contributed by atoms with E-state index in [0.29, 0.717) is 48.2 Å². The van der Waals surface area contributed by atoms with E-state index >= 15 is 0 Å². The number of aliphatic hydroxyl groups excluding tert-OH is 1. The molecule has 3 saturated heterocycles. The van der Waals surface area contributed by atoms with Crippen molar-refractivity contribution in [1.29, 1.82) is 5.26 Å². The van der Waals surface area contributed by atoms with Gasteiger partial charge in [-0.2, -0.15) is 5.26 Å². The molecule has 1 unspecified atom stereocenters. The summed E-state index contributed by atoms with van der Waals surface area (Å²) < 4.78 is 12.2. The lowest BCUT2D eigenvalue weighted by atomic mass is 9.49. The molecule has 1 aliphatic carbocycles. The fourth-order valence-corrected chi connectivity index (χ4v) is 12.6. The van der Waals surface area contributed by atoms with E-state index in [-0.39, 0.29) is 77.6 Å². The van der Waals surface area contributed by atoms with Gasteiger partial charge in [0.05, 0.1) is 58.6 Å². The highest BCUT2D eigenvalue weighted by molar-refractivity contribution is 7.13. The summed E-state index contributed by atoms with van der Waals surface area (Å²) >= 11 is 7.86. The number of ether oxygens (including phenoxy) is 2. The molecule has 0 radical (unpaired) electrons. The van der Waals surface area contributed by atoms with Gasteiger partial charge in [0.2, 0.25) is 17.7 Å². The number of aryl methyl sites for hydroxylation is 1. The first-order valence-corrected chi connectivity index (χ1v) is 26.7. The fraction of sp³-hybridized carbons (Fsp3) is 0.536. The van der Waals surface area contributed by atoms with Crippen molar-refractivity contribution >= 4 is 46.6 Å². The molecule has 4 aliphatic rings. The molecule has 15 nitrogen and oxygen atoms in total. The number of thiazole rings is 1. The second-order valence-electron chi connectivity index (χ2n) is 22.9. The average molecular weight is 1040 g/mol. The van der Waals surface area contributed by atoms with Gasteiger partial charge in [-0.1, -0.05) is 96.5 Å². The van der Waals surface area contributed by atoms with E-state index in [1.54, 1.807) is 29.5 Å². The van der Waals surface area contributed by atoms with E-state index in [9.17, 15) is 29.5 Å². The predicted molar refractivity (Wildman–Crippen MR) is 282 cm³/mol. The summed E-state index contributed by atoms with van der Waals surface area (Å²) in [5.41, 5.74) is 5.27. The lowest BCUT2D eigenvalue weighted by molar-refractivity contribution is -0.164. The molecule has 3 aromatic carbocycles. The van der Waals surface area contributed by atoms with Crippen LogP contribution in [0.25, 0.3) is 10.4 Å². The standard InChI is InChI=1S/C56H71ClN8O7S/c1-34(36-10-12-37(13-11-36)46-35(2)59-33-73-46)60-49(69)44-26-41(66)29-65(44)50(70)47(53(3,4)5)61-45(67)30-64-24-22-63(23-25-64)21-20-56(31-71-32-56)40-17-14-38(15-18-40)48(68)62-51-54(6,7)52(55(51,8)9)72-42-19-16-39(28-58)43(57)27-42/h10-19,27,33-34,41,44,47,51-52,66H,20-26,29-32H2,1-9H3,(H,60,69)(H,61,67)(H,62,68)/t34?,41-,44+,47-,51-,52-/m1/s1. The summed E-state index contributed by atoms with van der Waals surface area (Å²) in [6.45, 7) is 23.0. The second kappa shape index (κ2) is 21.4. The molecule has 4 heterocycles. The van der Waals surface area contributed by atoms with Crippen molar-refractivity contribution < 1.29 is 33.8 Å². The highest BCUT2D eigenvalue weighted by Gasteiger charge is 2.64. The number of likely N-dealkylation sites (tertiary alicyclic amines) is 1. The van der Waals surface area contributed by atoms with E-state index in [1.807, 2.05) is 76.5 Å². The van der Waals surface area contributed by atoms with E-state index in [0.717, 1.165) is 53.3 Å². The number of β-amino-alcohol motifs (C(OH)–C–C–N with tert-alkyl or cyclic N) is 1. The Morgan fingerprint density at radius 1 is 0.959 bits per heavy atom. The van der Waals surface area contributed by atoms with Crippen LogP contribution in [0.5, 0.6) is 5.75 Å². The van der Waals surface area contributed by atoms with Crippen LogP contribution in [0.2, 0.25) is 5.02 Å². The molecule has 1 saturated carbocycles. The van der Waals surface area contributed by atoms with Crippen molar-refractivity contribution in [3.63, 3.8) is 0 Å². The number of nitriles is 1. The SMILES string of the molecule is Cc1ncsc1-c1ccc(C(C)NC(=O)[C@@H]2C[C@@H](O)CN2C(=O)[C@@H](NC(=O)CN2CCN(CCC3(c4ccc(C(=O)N[C@H]5C(C)(C)[C@H](Oc6ccc(C#N)c(Cl)c6)C5(C)C)cc4)COC3)CC2)C(C)(C)C)cc1. The summed E-state index contributed by atoms with van der Waals surface area (Å²) in [5.74, 6) is -0.560. The predicted octanol–water partition coefficient (Wildman–Crippen LogP) is 6.90. The fourth-order valence-electron chi connectivity index (χ4n) is 11.6. The summed E-state index contributed by atoms with van der Waals surface area (Å²) in [5, 5.41) is 29.7. The van der Waals surface area contributed by atoms with E-state index < -0.39 is 23.6 Å².